The van der Waals surface area contributed by atoms with Gasteiger partial charge in [-0.05, 0) is 14.2 Å². The van der Waals surface area contributed by atoms with Crippen molar-refractivity contribution in [1.29, 1.82) is 0 Å². The Hall–Kier alpha value is -0.720. The smallest absolute Gasteiger partial charge is 0.175 e. The number of aliphatic hydroxyl groups excluding tert-OH is 1. The Bertz CT molecular complexity index is 471. The van der Waals surface area contributed by atoms with Crippen LogP contribution in [0.5, 0.6) is 11.5 Å². The summed E-state index contributed by atoms with van der Waals surface area (Å²) in [5.74, 6) is -0.110. The lowest BCUT2D eigenvalue weighted by molar-refractivity contribution is 0.222. The second-order valence-corrected chi connectivity index (χ2v) is 4.73. The first-order valence-corrected chi connectivity index (χ1v) is 7.98. The number of benzene rings is 1. The number of hydrogen-bond acceptors (Lipinski definition) is 4. The number of aliphatic hydroxyl groups is 1. The standard InChI is InChI=1S/C11H9F2IO3S/c1-16-7-5-8(17-2)11(13)9(10(7)12)6(15)3-4-18-14/h5-6,15H,1-2H3. The Morgan fingerprint density at radius 2 is 1.78 bits per heavy atom. The maximum atomic E-state index is 13.9. The second-order valence-electron chi connectivity index (χ2n) is 3.05. The van der Waals surface area contributed by atoms with Gasteiger partial charge in [0.05, 0.1) is 19.8 Å². The van der Waals surface area contributed by atoms with Crippen molar-refractivity contribution < 1.29 is 23.4 Å². The largest absolute Gasteiger partial charge is 0.494 e. The quantitative estimate of drug-likeness (QED) is 0.641. The minimum atomic E-state index is -1.59. The van der Waals surface area contributed by atoms with E-state index in [1.165, 1.54) is 14.2 Å². The molecule has 0 aromatic heterocycles. The molecule has 0 spiro atoms. The van der Waals surface area contributed by atoms with E-state index in [1.807, 2.05) is 21.2 Å². The highest BCUT2D eigenvalue weighted by Crippen LogP contribution is 2.34. The summed E-state index contributed by atoms with van der Waals surface area (Å²) in [6.07, 6.45) is -1.59. The first-order valence-electron chi connectivity index (χ1n) is 4.62. The molecule has 3 nitrogen and oxygen atoms in total. The van der Waals surface area contributed by atoms with E-state index in [-0.39, 0.29) is 11.5 Å². The summed E-state index contributed by atoms with van der Waals surface area (Å²) in [6.45, 7) is 0. The lowest BCUT2D eigenvalue weighted by atomic mass is 10.1. The van der Waals surface area contributed by atoms with Gasteiger partial charge in [0.25, 0.3) is 0 Å². The lowest BCUT2D eigenvalue weighted by Gasteiger charge is -2.13. The van der Waals surface area contributed by atoms with Crippen LogP contribution >= 0.6 is 30.1 Å². The van der Waals surface area contributed by atoms with Crippen molar-refractivity contribution in [3.05, 3.63) is 23.3 Å². The number of methoxy groups -OCH3 is 2. The summed E-state index contributed by atoms with van der Waals surface area (Å²) in [7, 11) is 3.57. The first kappa shape index (κ1) is 15.3. The zero-order chi connectivity index (χ0) is 13.7. The Labute approximate surface area is 119 Å². The minimum absolute atomic E-state index is 0.216. The zero-order valence-electron chi connectivity index (χ0n) is 9.46. The van der Waals surface area contributed by atoms with E-state index in [9.17, 15) is 13.9 Å². The summed E-state index contributed by atoms with van der Waals surface area (Å²) in [5, 5.41) is 12.1. The van der Waals surface area contributed by atoms with Gasteiger partial charge >= 0.3 is 0 Å². The van der Waals surface area contributed by atoms with Gasteiger partial charge in [-0.25, -0.2) is 8.78 Å². The fraction of sp³-hybridized carbons (Fsp3) is 0.273. The monoisotopic (exact) mass is 386 g/mol. The van der Waals surface area contributed by atoms with Gasteiger partial charge in [0.2, 0.25) is 0 Å². The predicted octanol–water partition coefficient (Wildman–Crippen LogP) is 3.06. The van der Waals surface area contributed by atoms with Crippen LogP contribution in [0.3, 0.4) is 0 Å². The zero-order valence-corrected chi connectivity index (χ0v) is 12.4. The topological polar surface area (TPSA) is 38.7 Å². The molecule has 0 heterocycles. The molecule has 1 aromatic carbocycles. The molecule has 98 valence electrons. The van der Waals surface area contributed by atoms with Gasteiger partial charge in [-0.3, -0.25) is 0 Å². The predicted molar refractivity (Wildman–Crippen MR) is 73.8 cm³/mol. The van der Waals surface area contributed by atoms with Gasteiger partial charge in [0, 0.05) is 27.3 Å². The molecule has 0 radical (unpaired) electrons. The molecule has 0 saturated heterocycles. The molecular formula is C11H9F2IO3S. The van der Waals surface area contributed by atoms with Crippen LogP contribution in [0.1, 0.15) is 11.7 Å². The average molecular weight is 386 g/mol. The number of halogens is 3. The maximum Gasteiger partial charge on any atom is 0.175 e. The first-order chi connectivity index (χ1) is 8.56. The van der Waals surface area contributed by atoms with Crippen molar-refractivity contribution in [2.45, 2.75) is 6.10 Å². The molecule has 0 bridgehead atoms. The molecule has 1 unspecified atom stereocenters. The number of rotatable bonds is 3. The van der Waals surface area contributed by atoms with E-state index in [4.69, 9.17) is 9.47 Å². The van der Waals surface area contributed by atoms with Crippen molar-refractivity contribution in [3.8, 4) is 22.7 Å². The highest BCUT2D eigenvalue weighted by molar-refractivity contribution is 14.2. The maximum absolute atomic E-state index is 13.9. The molecule has 1 N–H and O–H groups in total. The van der Waals surface area contributed by atoms with E-state index >= 15 is 0 Å². The van der Waals surface area contributed by atoms with Crippen LogP contribution in [0.25, 0.3) is 0 Å². The van der Waals surface area contributed by atoms with Crippen molar-refractivity contribution >= 4 is 30.1 Å². The summed E-state index contributed by atoms with van der Waals surface area (Å²) in [6, 6.07) is 1.07. The molecule has 7 heteroatoms. The van der Waals surface area contributed by atoms with Gasteiger partial charge < -0.3 is 14.6 Å². The van der Waals surface area contributed by atoms with Gasteiger partial charge in [-0.15, -0.1) is 0 Å². The Balaban J connectivity index is 3.40. The van der Waals surface area contributed by atoms with Crippen LogP contribution in [0.15, 0.2) is 6.07 Å². The fourth-order valence-corrected chi connectivity index (χ4v) is 1.83. The normalized spacial score (nSPS) is 11.4. The van der Waals surface area contributed by atoms with Gasteiger partial charge in [0.15, 0.2) is 23.1 Å². The highest BCUT2D eigenvalue weighted by Gasteiger charge is 2.24. The molecule has 0 aliphatic heterocycles. The molecule has 0 aliphatic rings. The minimum Gasteiger partial charge on any atom is -0.494 e. The summed E-state index contributed by atoms with van der Waals surface area (Å²) >= 11 is 1.88. The number of hydrogen-bond donors (Lipinski definition) is 1. The van der Waals surface area contributed by atoms with E-state index in [1.54, 1.807) is 0 Å². The van der Waals surface area contributed by atoms with Crippen LogP contribution in [0.2, 0.25) is 0 Å². The van der Waals surface area contributed by atoms with Gasteiger partial charge in [-0.2, -0.15) is 0 Å². The Kier molecular flexibility index (Phi) is 5.98. The molecule has 1 aromatic rings. The van der Waals surface area contributed by atoms with Crippen LogP contribution in [0.4, 0.5) is 8.78 Å². The molecular weight excluding hydrogens is 377 g/mol. The van der Waals surface area contributed by atoms with Crippen LogP contribution < -0.4 is 9.47 Å². The summed E-state index contributed by atoms with van der Waals surface area (Å²) < 4.78 is 37.2. The van der Waals surface area contributed by atoms with Crippen molar-refractivity contribution in [2.75, 3.05) is 14.2 Å². The number of ether oxygens (including phenoxy) is 2. The Morgan fingerprint density at radius 3 is 2.17 bits per heavy atom. The van der Waals surface area contributed by atoms with E-state index in [0.717, 1.165) is 15.0 Å². The third-order valence-corrected chi connectivity index (χ3v) is 2.97. The average Bonchev–Trinajstić information content (AvgIpc) is 2.37. The van der Waals surface area contributed by atoms with Crippen LogP contribution in [0, 0.1) is 22.8 Å². The Morgan fingerprint density at radius 1 is 1.28 bits per heavy atom. The molecule has 18 heavy (non-hydrogen) atoms. The molecule has 1 atom stereocenters. The summed E-state index contributed by atoms with van der Waals surface area (Å²) in [4.78, 5) is 0. The fourth-order valence-electron chi connectivity index (χ4n) is 1.29. The van der Waals surface area contributed by atoms with Crippen molar-refractivity contribution in [1.82, 2.24) is 0 Å². The molecule has 0 aliphatic carbocycles. The third-order valence-electron chi connectivity index (χ3n) is 2.12. The van der Waals surface area contributed by atoms with Gasteiger partial charge in [-0.1, -0.05) is 5.92 Å². The highest BCUT2D eigenvalue weighted by atomic mass is 127. The molecule has 0 fully saturated rings. The SMILES string of the molecule is COc1cc(OC)c(F)c(C(O)C#CSI)c1F. The third kappa shape index (κ3) is 3.18. The molecule has 0 amide bonds. The van der Waals surface area contributed by atoms with Crippen molar-refractivity contribution in [2.24, 2.45) is 0 Å². The van der Waals surface area contributed by atoms with E-state index in [2.05, 4.69) is 11.2 Å². The summed E-state index contributed by atoms with van der Waals surface area (Å²) in [5.41, 5.74) is -0.579. The molecule has 0 saturated carbocycles. The lowest BCUT2D eigenvalue weighted by Crippen LogP contribution is -2.06. The van der Waals surface area contributed by atoms with E-state index in [0.29, 0.717) is 0 Å². The van der Waals surface area contributed by atoms with Gasteiger partial charge in [0.1, 0.15) is 6.10 Å². The molecule has 1 rings (SSSR count). The van der Waals surface area contributed by atoms with Crippen LogP contribution in [-0.4, -0.2) is 19.3 Å². The van der Waals surface area contributed by atoms with Crippen LogP contribution in [-0.2, 0) is 0 Å². The van der Waals surface area contributed by atoms with E-state index < -0.39 is 23.3 Å². The van der Waals surface area contributed by atoms with Crippen molar-refractivity contribution in [3.63, 3.8) is 0 Å². The second kappa shape index (κ2) is 7.01.